The summed E-state index contributed by atoms with van der Waals surface area (Å²) in [7, 11) is 1.77. The van der Waals surface area contributed by atoms with Gasteiger partial charge in [-0.25, -0.2) is 0 Å². The van der Waals surface area contributed by atoms with E-state index in [1.807, 2.05) is 42.5 Å². The van der Waals surface area contributed by atoms with Crippen molar-refractivity contribution in [3.8, 4) is 11.1 Å². The molecular formula is C33H40N2O5. The third-order valence-corrected chi connectivity index (χ3v) is 7.95. The standard InChI is InChI=1S/C33H40N2O5/c1-23(37)34-19-28-6-3-4-8-31(28)25-13-15-27(16-14-25)33-39-30(20-35-17-5-7-29(35)22-38-2)18-32(40-33)26-11-9-24(21-36)10-12-26/h3-4,6,8-16,29-30,32-33,36H,5,7,17-22H2,1-2H3,(H,34,37)/t29-,30-,32+,33+/m0/s1. The molecule has 0 radical (unpaired) electrons. The highest BCUT2D eigenvalue weighted by molar-refractivity contribution is 5.74. The maximum Gasteiger partial charge on any atom is 0.217 e. The molecular weight excluding hydrogens is 504 g/mol. The molecule has 2 aliphatic heterocycles. The number of ether oxygens (including phenoxy) is 3. The summed E-state index contributed by atoms with van der Waals surface area (Å²) in [6, 6.07) is 24.9. The van der Waals surface area contributed by atoms with Gasteiger partial charge in [0.05, 0.1) is 25.4 Å². The van der Waals surface area contributed by atoms with Gasteiger partial charge in [0.25, 0.3) is 0 Å². The van der Waals surface area contributed by atoms with Crippen LogP contribution in [0.1, 0.15) is 60.8 Å². The second kappa shape index (κ2) is 13.5. The van der Waals surface area contributed by atoms with Gasteiger partial charge in [-0.15, -0.1) is 0 Å². The molecule has 1 amide bonds. The van der Waals surface area contributed by atoms with E-state index in [1.165, 1.54) is 13.3 Å². The molecule has 3 aromatic rings. The van der Waals surface area contributed by atoms with Crippen LogP contribution in [0.5, 0.6) is 0 Å². The van der Waals surface area contributed by atoms with E-state index in [0.29, 0.717) is 12.6 Å². The van der Waals surface area contributed by atoms with Crippen molar-refractivity contribution in [3.05, 3.63) is 95.1 Å². The van der Waals surface area contributed by atoms with E-state index >= 15 is 0 Å². The minimum absolute atomic E-state index is 0.0109. The summed E-state index contributed by atoms with van der Waals surface area (Å²) in [4.78, 5) is 14.0. The third kappa shape index (κ3) is 6.97. The predicted molar refractivity (Wildman–Crippen MR) is 154 cm³/mol. The second-order valence-corrected chi connectivity index (χ2v) is 10.8. The number of hydrogen-bond acceptors (Lipinski definition) is 6. The monoisotopic (exact) mass is 544 g/mol. The predicted octanol–water partition coefficient (Wildman–Crippen LogP) is 5.14. The van der Waals surface area contributed by atoms with Crippen molar-refractivity contribution in [1.29, 1.82) is 0 Å². The fourth-order valence-electron chi connectivity index (χ4n) is 5.81. The van der Waals surface area contributed by atoms with Crippen molar-refractivity contribution in [2.24, 2.45) is 0 Å². The lowest BCUT2D eigenvalue weighted by atomic mass is 9.97. The van der Waals surface area contributed by atoms with E-state index in [-0.39, 0.29) is 24.7 Å². The van der Waals surface area contributed by atoms with Crippen LogP contribution in [0.2, 0.25) is 0 Å². The molecule has 0 unspecified atom stereocenters. The highest BCUT2D eigenvalue weighted by Gasteiger charge is 2.35. The van der Waals surface area contributed by atoms with Crippen LogP contribution in [0.4, 0.5) is 0 Å². The average molecular weight is 545 g/mol. The number of rotatable bonds is 10. The summed E-state index contributed by atoms with van der Waals surface area (Å²) in [5, 5.41) is 12.4. The number of likely N-dealkylation sites (tertiary alicyclic amines) is 1. The molecule has 4 atom stereocenters. The highest BCUT2D eigenvalue weighted by Crippen LogP contribution is 2.39. The van der Waals surface area contributed by atoms with Crippen LogP contribution in [-0.2, 0) is 32.2 Å². The van der Waals surface area contributed by atoms with E-state index in [0.717, 1.165) is 65.9 Å². The molecule has 0 spiro atoms. The normalized spacial score (nSPS) is 23.3. The Hall–Kier alpha value is -3.07. The Morgan fingerprint density at radius 2 is 1.77 bits per heavy atom. The number of hydrogen-bond donors (Lipinski definition) is 2. The first-order valence-corrected chi connectivity index (χ1v) is 14.2. The van der Waals surface area contributed by atoms with Crippen molar-refractivity contribution < 1.29 is 24.1 Å². The van der Waals surface area contributed by atoms with Crippen molar-refractivity contribution in [1.82, 2.24) is 10.2 Å². The number of aliphatic hydroxyl groups is 1. The van der Waals surface area contributed by atoms with E-state index < -0.39 is 6.29 Å². The summed E-state index contributed by atoms with van der Waals surface area (Å²) < 4.78 is 18.6. The van der Waals surface area contributed by atoms with Crippen molar-refractivity contribution in [2.45, 2.75) is 63.9 Å². The summed E-state index contributed by atoms with van der Waals surface area (Å²) in [5.41, 5.74) is 6.18. The maximum atomic E-state index is 11.5. The molecule has 3 aromatic carbocycles. The third-order valence-electron chi connectivity index (χ3n) is 7.95. The zero-order chi connectivity index (χ0) is 27.9. The quantitative estimate of drug-likeness (QED) is 0.368. The number of amides is 1. The Labute approximate surface area is 237 Å². The molecule has 2 saturated heterocycles. The Morgan fingerprint density at radius 3 is 2.50 bits per heavy atom. The number of methoxy groups -OCH3 is 1. The topological polar surface area (TPSA) is 80.3 Å². The second-order valence-electron chi connectivity index (χ2n) is 10.8. The van der Waals surface area contributed by atoms with Gasteiger partial charge in [-0.3, -0.25) is 9.69 Å². The first kappa shape index (κ1) is 28.5. The van der Waals surface area contributed by atoms with E-state index in [1.54, 1.807) is 7.11 Å². The molecule has 0 aliphatic carbocycles. The van der Waals surface area contributed by atoms with Gasteiger partial charge >= 0.3 is 0 Å². The van der Waals surface area contributed by atoms with Crippen molar-refractivity contribution in [2.75, 3.05) is 26.8 Å². The van der Waals surface area contributed by atoms with Crippen LogP contribution < -0.4 is 5.32 Å². The van der Waals surface area contributed by atoms with Crippen LogP contribution in [-0.4, -0.2) is 54.9 Å². The molecule has 212 valence electrons. The number of benzene rings is 3. The Kier molecular flexibility index (Phi) is 9.62. The lowest BCUT2D eigenvalue weighted by molar-refractivity contribution is -0.253. The minimum Gasteiger partial charge on any atom is -0.392 e. The van der Waals surface area contributed by atoms with Gasteiger partial charge in [0.15, 0.2) is 6.29 Å². The van der Waals surface area contributed by atoms with Gasteiger partial charge in [0.2, 0.25) is 5.91 Å². The van der Waals surface area contributed by atoms with Crippen molar-refractivity contribution >= 4 is 5.91 Å². The highest BCUT2D eigenvalue weighted by atomic mass is 16.7. The number of carbonyl (C=O) groups is 1. The van der Waals surface area contributed by atoms with Crippen LogP contribution in [0.15, 0.2) is 72.8 Å². The number of aliphatic hydroxyl groups excluding tert-OH is 1. The zero-order valence-electron chi connectivity index (χ0n) is 23.4. The van der Waals surface area contributed by atoms with Gasteiger partial charge in [-0.1, -0.05) is 72.8 Å². The fourth-order valence-corrected chi connectivity index (χ4v) is 5.81. The van der Waals surface area contributed by atoms with Crippen molar-refractivity contribution in [3.63, 3.8) is 0 Å². The van der Waals surface area contributed by atoms with Gasteiger partial charge < -0.3 is 24.6 Å². The molecule has 0 aromatic heterocycles. The van der Waals surface area contributed by atoms with Gasteiger partial charge in [0, 0.05) is 45.1 Å². The summed E-state index contributed by atoms with van der Waals surface area (Å²) in [6.07, 6.45) is 2.50. The maximum absolute atomic E-state index is 11.5. The lowest BCUT2D eigenvalue weighted by Crippen LogP contribution is -2.42. The largest absolute Gasteiger partial charge is 0.392 e. The number of carbonyl (C=O) groups excluding carboxylic acids is 1. The molecule has 0 saturated carbocycles. The Balaban J connectivity index is 1.36. The minimum atomic E-state index is -0.492. The average Bonchev–Trinajstić information content (AvgIpc) is 3.42. The van der Waals surface area contributed by atoms with Gasteiger partial charge in [0.1, 0.15) is 0 Å². The molecule has 2 N–H and O–H groups in total. The number of nitrogens with zero attached hydrogens (tertiary/aromatic N) is 1. The van der Waals surface area contributed by atoms with Crippen LogP contribution >= 0.6 is 0 Å². The SMILES string of the molecule is COC[C@@H]1CCCN1C[C@@H]1C[C@H](c2ccc(CO)cc2)O[C@H](c2ccc(-c3ccccc3CNC(C)=O)cc2)O1. The van der Waals surface area contributed by atoms with Crippen LogP contribution in [0, 0.1) is 0 Å². The molecule has 5 rings (SSSR count). The van der Waals surface area contributed by atoms with E-state index in [9.17, 15) is 9.90 Å². The Bertz CT molecular complexity index is 1250. The molecule has 2 aliphatic rings. The summed E-state index contributed by atoms with van der Waals surface area (Å²) in [6.45, 7) is 4.68. The van der Waals surface area contributed by atoms with Crippen LogP contribution in [0.3, 0.4) is 0 Å². The van der Waals surface area contributed by atoms with E-state index in [2.05, 4.69) is 40.5 Å². The summed E-state index contributed by atoms with van der Waals surface area (Å²) >= 11 is 0. The first-order chi connectivity index (χ1) is 19.5. The molecule has 0 bridgehead atoms. The first-order valence-electron chi connectivity index (χ1n) is 14.2. The molecule has 40 heavy (non-hydrogen) atoms. The zero-order valence-corrected chi connectivity index (χ0v) is 23.4. The fraction of sp³-hybridized carbons (Fsp3) is 0.424. The molecule has 7 nitrogen and oxygen atoms in total. The van der Waals surface area contributed by atoms with Crippen LogP contribution in [0.25, 0.3) is 11.1 Å². The Morgan fingerprint density at radius 1 is 1.02 bits per heavy atom. The smallest absolute Gasteiger partial charge is 0.217 e. The molecule has 2 heterocycles. The van der Waals surface area contributed by atoms with Gasteiger partial charge in [-0.05, 0) is 47.2 Å². The summed E-state index contributed by atoms with van der Waals surface area (Å²) in [5.74, 6) is -0.0469. The lowest BCUT2D eigenvalue weighted by Gasteiger charge is -2.38. The number of nitrogens with one attached hydrogen (secondary N) is 1. The van der Waals surface area contributed by atoms with Gasteiger partial charge in [-0.2, -0.15) is 0 Å². The molecule has 7 heteroatoms. The van der Waals surface area contributed by atoms with E-state index in [4.69, 9.17) is 14.2 Å². The molecule has 2 fully saturated rings.